The van der Waals surface area contributed by atoms with Gasteiger partial charge in [0.25, 0.3) is 6.43 Å². The number of carbonyl (C=O) groups excluding carboxylic acids is 1. The lowest BCUT2D eigenvalue weighted by atomic mass is 9.83. The minimum atomic E-state index is -2.54. The molecule has 0 atom stereocenters. The molecule has 6 heteroatoms. The van der Waals surface area contributed by atoms with E-state index >= 15 is 0 Å². The van der Waals surface area contributed by atoms with Crippen LogP contribution >= 0.6 is 0 Å². The van der Waals surface area contributed by atoms with Gasteiger partial charge in [0, 0.05) is 25.8 Å². The zero-order chi connectivity index (χ0) is 16.4. The molecule has 1 aliphatic heterocycles. The molecule has 0 aromatic carbocycles. The van der Waals surface area contributed by atoms with Gasteiger partial charge in [-0.1, -0.05) is 12.8 Å². The maximum Gasteiger partial charge on any atom is 0.252 e. The molecule has 0 spiro atoms. The second-order valence-electron chi connectivity index (χ2n) is 6.86. The molecular weight excluding hydrogens is 300 g/mol. The monoisotopic (exact) mass is 325 g/mol. The lowest BCUT2D eigenvalue weighted by Crippen LogP contribution is -2.49. The van der Waals surface area contributed by atoms with E-state index < -0.39 is 11.8 Å². The lowest BCUT2D eigenvalue weighted by molar-refractivity contribution is -0.153. The van der Waals surface area contributed by atoms with Crippen LogP contribution in [0, 0.1) is 5.41 Å². The van der Waals surface area contributed by atoms with E-state index in [1.807, 2.05) is 17.8 Å². The number of carbonyl (C=O) groups is 1. The first-order chi connectivity index (χ1) is 11.1. The first-order valence-electron chi connectivity index (χ1n) is 8.66. The van der Waals surface area contributed by atoms with Crippen molar-refractivity contribution in [3.8, 4) is 0 Å². The number of amides is 1. The van der Waals surface area contributed by atoms with Crippen molar-refractivity contribution in [1.29, 1.82) is 0 Å². The third kappa shape index (κ3) is 3.00. The summed E-state index contributed by atoms with van der Waals surface area (Å²) in [6.07, 6.45) is 5.23. The Morgan fingerprint density at radius 3 is 2.52 bits per heavy atom. The molecule has 128 valence electrons. The number of nitrogens with zero attached hydrogens (tertiary/aromatic N) is 3. The van der Waals surface area contributed by atoms with Crippen LogP contribution in [0.25, 0.3) is 0 Å². The summed E-state index contributed by atoms with van der Waals surface area (Å²) in [5.74, 6) is 0.0677. The molecule has 1 aromatic rings. The summed E-state index contributed by atoms with van der Waals surface area (Å²) in [6.45, 7) is 4.04. The first kappa shape index (κ1) is 16.4. The molecule has 2 aliphatic rings. The highest BCUT2D eigenvalue weighted by atomic mass is 19.3. The molecule has 2 fully saturated rings. The van der Waals surface area contributed by atoms with Crippen LogP contribution in [-0.2, 0) is 11.3 Å². The Kier molecular flexibility index (Phi) is 4.69. The number of aryl methyl sites for hydroxylation is 1. The third-order valence-electron chi connectivity index (χ3n) is 5.57. The molecule has 1 aromatic heterocycles. The van der Waals surface area contributed by atoms with Crippen molar-refractivity contribution in [1.82, 2.24) is 14.7 Å². The van der Waals surface area contributed by atoms with Gasteiger partial charge in [0.15, 0.2) is 0 Å². The SMILES string of the molecule is CCn1cc(C2CCN(C(=O)C3(C(F)F)CCCC3)CC2)cn1. The van der Waals surface area contributed by atoms with E-state index in [0.29, 0.717) is 31.8 Å². The van der Waals surface area contributed by atoms with E-state index in [1.165, 1.54) is 5.56 Å². The Morgan fingerprint density at radius 1 is 1.35 bits per heavy atom. The van der Waals surface area contributed by atoms with Crippen LogP contribution in [0.15, 0.2) is 12.4 Å². The second kappa shape index (κ2) is 6.57. The number of halogens is 2. The fraction of sp³-hybridized carbons (Fsp3) is 0.765. The smallest absolute Gasteiger partial charge is 0.252 e. The molecule has 0 bridgehead atoms. The van der Waals surface area contributed by atoms with Crippen LogP contribution in [0.5, 0.6) is 0 Å². The third-order valence-corrected chi connectivity index (χ3v) is 5.57. The summed E-state index contributed by atoms with van der Waals surface area (Å²) in [5, 5.41) is 4.30. The molecule has 0 unspecified atom stereocenters. The maximum absolute atomic E-state index is 13.5. The van der Waals surface area contributed by atoms with E-state index in [1.54, 1.807) is 4.90 Å². The van der Waals surface area contributed by atoms with Crippen molar-refractivity contribution in [2.75, 3.05) is 13.1 Å². The Bertz CT molecular complexity index is 544. The summed E-state index contributed by atoms with van der Waals surface area (Å²) in [4.78, 5) is 14.4. The standard InChI is InChI=1S/C17H25F2N3O/c1-2-22-12-14(11-20-22)13-5-9-21(10-6-13)16(23)17(15(18)19)7-3-4-8-17/h11-13,15H,2-10H2,1H3. The summed E-state index contributed by atoms with van der Waals surface area (Å²) in [6, 6.07) is 0. The van der Waals surface area contributed by atoms with Gasteiger partial charge in [0.05, 0.1) is 6.20 Å². The van der Waals surface area contributed by atoms with Crippen LogP contribution in [0.1, 0.15) is 56.9 Å². The highest BCUT2D eigenvalue weighted by Gasteiger charge is 2.51. The molecule has 0 N–H and O–H groups in total. The van der Waals surface area contributed by atoms with Crippen LogP contribution in [0.4, 0.5) is 8.78 Å². The van der Waals surface area contributed by atoms with Crippen LogP contribution in [-0.4, -0.2) is 40.1 Å². The van der Waals surface area contributed by atoms with Gasteiger partial charge in [-0.25, -0.2) is 8.78 Å². The number of hydrogen-bond acceptors (Lipinski definition) is 2. The Balaban J connectivity index is 1.63. The predicted octanol–water partition coefficient (Wildman–Crippen LogP) is 3.43. The predicted molar refractivity (Wildman–Crippen MR) is 83.4 cm³/mol. The first-order valence-corrected chi connectivity index (χ1v) is 8.66. The molecule has 1 saturated carbocycles. The summed E-state index contributed by atoms with van der Waals surface area (Å²) >= 11 is 0. The molecule has 2 heterocycles. The quantitative estimate of drug-likeness (QED) is 0.850. The zero-order valence-electron chi connectivity index (χ0n) is 13.7. The average molecular weight is 325 g/mol. The van der Waals surface area contributed by atoms with E-state index in [2.05, 4.69) is 11.3 Å². The van der Waals surface area contributed by atoms with E-state index in [0.717, 1.165) is 32.2 Å². The summed E-state index contributed by atoms with van der Waals surface area (Å²) in [5.41, 5.74) is -0.205. The van der Waals surface area contributed by atoms with Crippen LogP contribution < -0.4 is 0 Å². The molecule has 23 heavy (non-hydrogen) atoms. The summed E-state index contributed by atoms with van der Waals surface area (Å²) < 4.78 is 29.0. The Hall–Kier alpha value is -1.46. The van der Waals surface area contributed by atoms with Crippen molar-refractivity contribution < 1.29 is 13.6 Å². The molecule has 3 rings (SSSR count). The minimum Gasteiger partial charge on any atom is -0.342 e. The molecule has 4 nitrogen and oxygen atoms in total. The van der Waals surface area contributed by atoms with Crippen molar-refractivity contribution in [2.45, 2.75) is 64.3 Å². The zero-order valence-corrected chi connectivity index (χ0v) is 13.7. The number of rotatable bonds is 4. The lowest BCUT2D eigenvalue weighted by Gasteiger charge is -2.38. The van der Waals surface area contributed by atoms with Crippen molar-refractivity contribution in [3.05, 3.63) is 18.0 Å². The fourth-order valence-corrected chi connectivity index (χ4v) is 4.03. The Morgan fingerprint density at radius 2 is 2.00 bits per heavy atom. The summed E-state index contributed by atoms with van der Waals surface area (Å²) in [7, 11) is 0. The number of aromatic nitrogens is 2. The van der Waals surface area contributed by atoms with Gasteiger partial charge in [0.2, 0.25) is 5.91 Å². The fourth-order valence-electron chi connectivity index (χ4n) is 4.03. The topological polar surface area (TPSA) is 38.1 Å². The van der Waals surface area contributed by atoms with E-state index in [9.17, 15) is 13.6 Å². The van der Waals surface area contributed by atoms with E-state index in [4.69, 9.17) is 0 Å². The van der Waals surface area contributed by atoms with Gasteiger partial charge in [-0.15, -0.1) is 0 Å². The molecular formula is C17H25F2N3O. The molecule has 0 radical (unpaired) electrons. The maximum atomic E-state index is 13.5. The van der Waals surface area contributed by atoms with Gasteiger partial charge >= 0.3 is 0 Å². The molecule has 1 aliphatic carbocycles. The number of alkyl halides is 2. The van der Waals surface area contributed by atoms with Crippen molar-refractivity contribution >= 4 is 5.91 Å². The van der Waals surface area contributed by atoms with Crippen molar-refractivity contribution in [3.63, 3.8) is 0 Å². The largest absolute Gasteiger partial charge is 0.342 e. The highest BCUT2D eigenvalue weighted by Crippen LogP contribution is 2.45. The van der Waals surface area contributed by atoms with Gasteiger partial charge in [-0.3, -0.25) is 9.48 Å². The number of piperidine rings is 1. The van der Waals surface area contributed by atoms with Crippen LogP contribution in [0.3, 0.4) is 0 Å². The van der Waals surface area contributed by atoms with Crippen molar-refractivity contribution in [2.24, 2.45) is 5.41 Å². The number of hydrogen-bond donors (Lipinski definition) is 0. The Labute approximate surface area is 135 Å². The highest BCUT2D eigenvalue weighted by molar-refractivity contribution is 5.83. The average Bonchev–Trinajstić information content (AvgIpc) is 3.24. The van der Waals surface area contributed by atoms with Gasteiger partial charge in [0.1, 0.15) is 5.41 Å². The molecule has 1 saturated heterocycles. The normalized spacial score (nSPS) is 22.0. The number of likely N-dealkylation sites (tertiary alicyclic amines) is 1. The van der Waals surface area contributed by atoms with Gasteiger partial charge < -0.3 is 4.90 Å². The second-order valence-corrected chi connectivity index (χ2v) is 6.86. The van der Waals surface area contributed by atoms with Gasteiger partial charge in [-0.05, 0) is 44.1 Å². The minimum absolute atomic E-state index is 0.312. The van der Waals surface area contributed by atoms with Crippen LogP contribution in [0.2, 0.25) is 0 Å². The molecule has 1 amide bonds. The van der Waals surface area contributed by atoms with Gasteiger partial charge in [-0.2, -0.15) is 5.10 Å². The van der Waals surface area contributed by atoms with E-state index in [-0.39, 0.29) is 5.91 Å².